The maximum atomic E-state index is 9.58. The van der Waals surface area contributed by atoms with E-state index in [-0.39, 0.29) is 6.61 Å². The molecule has 2 aromatic heterocycles. The first-order valence-electron chi connectivity index (χ1n) is 6.06. The third-order valence-corrected chi connectivity index (χ3v) is 3.99. The molecule has 3 rings (SSSR count). The minimum absolute atomic E-state index is 0.0244. The standard InChI is InChI=1S/C14H15N3OS/c1-10-3-5-11(6-4-10)16(2)13-12(9-18)17-7-8-19-14(17)15-13/h3-8,18H,9H2,1-2H3. The van der Waals surface area contributed by atoms with E-state index in [1.54, 1.807) is 11.3 Å². The third-order valence-electron chi connectivity index (χ3n) is 3.23. The zero-order valence-electron chi connectivity index (χ0n) is 10.9. The minimum atomic E-state index is -0.0244. The number of rotatable bonds is 3. The highest BCUT2D eigenvalue weighted by molar-refractivity contribution is 7.15. The van der Waals surface area contributed by atoms with Crippen molar-refractivity contribution >= 4 is 27.8 Å². The molecule has 0 amide bonds. The van der Waals surface area contributed by atoms with Crippen LogP contribution in [0.4, 0.5) is 11.5 Å². The summed E-state index contributed by atoms with van der Waals surface area (Å²) in [6, 6.07) is 8.26. The number of anilines is 2. The Kier molecular flexibility index (Phi) is 3.00. The second kappa shape index (κ2) is 4.68. The number of hydrogen-bond donors (Lipinski definition) is 1. The molecule has 0 aliphatic rings. The van der Waals surface area contributed by atoms with Crippen LogP contribution in [0.15, 0.2) is 35.8 Å². The molecule has 0 unspecified atom stereocenters. The normalized spacial score (nSPS) is 11.1. The molecule has 0 aliphatic carbocycles. The van der Waals surface area contributed by atoms with Gasteiger partial charge < -0.3 is 10.0 Å². The summed E-state index contributed by atoms with van der Waals surface area (Å²) in [5, 5.41) is 11.6. The van der Waals surface area contributed by atoms with Crippen molar-refractivity contribution < 1.29 is 5.11 Å². The van der Waals surface area contributed by atoms with Gasteiger partial charge in [0, 0.05) is 24.3 Å². The van der Waals surface area contributed by atoms with Crippen LogP contribution in [0, 0.1) is 6.92 Å². The molecule has 0 fully saturated rings. The van der Waals surface area contributed by atoms with Crippen LogP contribution in [-0.2, 0) is 6.61 Å². The summed E-state index contributed by atoms with van der Waals surface area (Å²) in [5.41, 5.74) is 3.11. The molecule has 0 spiro atoms. The summed E-state index contributed by atoms with van der Waals surface area (Å²) in [6.45, 7) is 2.04. The van der Waals surface area contributed by atoms with Crippen LogP contribution >= 0.6 is 11.3 Å². The highest BCUT2D eigenvalue weighted by Gasteiger charge is 2.16. The van der Waals surface area contributed by atoms with Crippen molar-refractivity contribution in [3.63, 3.8) is 0 Å². The summed E-state index contributed by atoms with van der Waals surface area (Å²) in [4.78, 5) is 7.50. The van der Waals surface area contributed by atoms with Gasteiger partial charge in [0.25, 0.3) is 0 Å². The Morgan fingerprint density at radius 1 is 1.32 bits per heavy atom. The van der Waals surface area contributed by atoms with Gasteiger partial charge in [0.2, 0.25) is 0 Å². The summed E-state index contributed by atoms with van der Waals surface area (Å²) in [7, 11) is 1.97. The van der Waals surface area contributed by atoms with Gasteiger partial charge in [-0.2, -0.15) is 0 Å². The molecular weight excluding hydrogens is 258 g/mol. The van der Waals surface area contributed by atoms with Crippen LogP contribution in [0.3, 0.4) is 0 Å². The van der Waals surface area contributed by atoms with E-state index < -0.39 is 0 Å². The smallest absolute Gasteiger partial charge is 0.195 e. The molecule has 19 heavy (non-hydrogen) atoms. The molecule has 0 bridgehead atoms. The SMILES string of the molecule is Cc1ccc(N(C)c2nc3sccn3c2CO)cc1. The molecule has 98 valence electrons. The monoisotopic (exact) mass is 273 g/mol. The Morgan fingerprint density at radius 2 is 2.05 bits per heavy atom. The van der Waals surface area contributed by atoms with E-state index in [0.717, 1.165) is 22.2 Å². The lowest BCUT2D eigenvalue weighted by Crippen LogP contribution is -2.12. The van der Waals surface area contributed by atoms with Gasteiger partial charge in [0.15, 0.2) is 10.8 Å². The molecular formula is C14H15N3OS. The van der Waals surface area contributed by atoms with Gasteiger partial charge in [0.1, 0.15) is 0 Å². The van der Waals surface area contributed by atoms with E-state index in [0.29, 0.717) is 0 Å². The molecule has 0 radical (unpaired) electrons. The number of imidazole rings is 1. The molecule has 2 heterocycles. The fraction of sp³-hybridized carbons (Fsp3) is 0.214. The predicted octanol–water partition coefficient (Wildman–Crippen LogP) is 2.96. The quantitative estimate of drug-likeness (QED) is 0.797. The Bertz CT molecular complexity index is 699. The lowest BCUT2D eigenvalue weighted by Gasteiger charge is -2.18. The Hall–Kier alpha value is -1.85. The first kappa shape index (κ1) is 12.2. The number of aryl methyl sites for hydroxylation is 1. The van der Waals surface area contributed by atoms with E-state index in [2.05, 4.69) is 36.2 Å². The average molecular weight is 273 g/mol. The van der Waals surface area contributed by atoms with E-state index in [1.165, 1.54) is 5.56 Å². The number of benzene rings is 1. The fourth-order valence-electron chi connectivity index (χ4n) is 2.13. The van der Waals surface area contributed by atoms with Crippen molar-refractivity contribution in [1.82, 2.24) is 9.38 Å². The van der Waals surface area contributed by atoms with Crippen molar-refractivity contribution in [3.8, 4) is 0 Å². The van der Waals surface area contributed by atoms with Gasteiger partial charge in [-0.1, -0.05) is 17.7 Å². The minimum Gasteiger partial charge on any atom is -0.390 e. The van der Waals surface area contributed by atoms with E-state index in [9.17, 15) is 5.11 Å². The van der Waals surface area contributed by atoms with E-state index >= 15 is 0 Å². The lowest BCUT2D eigenvalue weighted by atomic mass is 10.2. The van der Waals surface area contributed by atoms with Gasteiger partial charge in [-0.3, -0.25) is 4.40 Å². The number of nitrogens with zero attached hydrogens (tertiary/aromatic N) is 3. The van der Waals surface area contributed by atoms with E-state index in [4.69, 9.17) is 0 Å². The maximum Gasteiger partial charge on any atom is 0.195 e. The molecule has 0 aliphatic heterocycles. The molecule has 0 atom stereocenters. The Labute approximate surface area is 115 Å². The van der Waals surface area contributed by atoms with E-state index in [1.807, 2.05) is 27.9 Å². The van der Waals surface area contributed by atoms with Crippen LogP contribution < -0.4 is 4.90 Å². The number of fused-ring (bicyclic) bond motifs is 1. The second-order valence-corrected chi connectivity index (χ2v) is 5.36. The number of aliphatic hydroxyl groups is 1. The van der Waals surface area contributed by atoms with Crippen molar-refractivity contribution in [2.24, 2.45) is 0 Å². The topological polar surface area (TPSA) is 40.8 Å². The van der Waals surface area contributed by atoms with Gasteiger partial charge in [-0.25, -0.2) is 4.98 Å². The summed E-state index contributed by atoms with van der Waals surface area (Å²) < 4.78 is 1.94. The highest BCUT2D eigenvalue weighted by atomic mass is 32.1. The van der Waals surface area contributed by atoms with Crippen molar-refractivity contribution in [2.75, 3.05) is 11.9 Å². The van der Waals surface area contributed by atoms with Gasteiger partial charge in [-0.05, 0) is 19.1 Å². The van der Waals surface area contributed by atoms with Crippen molar-refractivity contribution in [3.05, 3.63) is 47.1 Å². The molecule has 5 heteroatoms. The summed E-state index contributed by atoms with van der Waals surface area (Å²) in [5.74, 6) is 0.804. The second-order valence-electron chi connectivity index (χ2n) is 4.49. The van der Waals surface area contributed by atoms with Crippen LogP contribution in [0.2, 0.25) is 0 Å². The number of aromatic nitrogens is 2. The number of hydrogen-bond acceptors (Lipinski definition) is 4. The fourth-order valence-corrected chi connectivity index (χ4v) is 2.86. The maximum absolute atomic E-state index is 9.58. The molecule has 1 N–H and O–H groups in total. The van der Waals surface area contributed by atoms with Crippen molar-refractivity contribution in [1.29, 1.82) is 0 Å². The molecule has 0 saturated carbocycles. The zero-order valence-corrected chi connectivity index (χ0v) is 11.7. The van der Waals surface area contributed by atoms with Gasteiger partial charge >= 0.3 is 0 Å². The Morgan fingerprint density at radius 3 is 2.74 bits per heavy atom. The number of thiazole rings is 1. The molecule has 1 aromatic carbocycles. The number of aliphatic hydroxyl groups excluding tert-OH is 1. The zero-order chi connectivity index (χ0) is 13.4. The van der Waals surface area contributed by atoms with Crippen LogP contribution in [0.1, 0.15) is 11.3 Å². The molecule has 3 aromatic rings. The average Bonchev–Trinajstić information content (AvgIpc) is 2.98. The first-order chi connectivity index (χ1) is 9.20. The molecule has 4 nitrogen and oxygen atoms in total. The van der Waals surface area contributed by atoms with Crippen molar-refractivity contribution in [2.45, 2.75) is 13.5 Å². The van der Waals surface area contributed by atoms with Crippen LogP contribution in [0.25, 0.3) is 4.96 Å². The van der Waals surface area contributed by atoms with Gasteiger partial charge in [-0.15, -0.1) is 11.3 Å². The third kappa shape index (κ3) is 2.01. The largest absolute Gasteiger partial charge is 0.390 e. The Balaban J connectivity index is 2.07. The lowest BCUT2D eigenvalue weighted by molar-refractivity contribution is 0.276. The van der Waals surface area contributed by atoms with Crippen LogP contribution in [0.5, 0.6) is 0 Å². The highest BCUT2D eigenvalue weighted by Crippen LogP contribution is 2.29. The molecule has 0 saturated heterocycles. The van der Waals surface area contributed by atoms with Crippen LogP contribution in [-0.4, -0.2) is 21.5 Å². The summed E-state index contributed by atoms with van der Waals surface area (Å²) >= 11 is 1.57. The summed E-state index contributed by atoms with van der Waals surface area (Å²) in [6.07, 6.45) is 1.94. The predicted molar refractivity (Wildman–Crippen MR) is 78.2 cm³/mol. The first-order valence-corrected chi connectivity index (χ1v) is 6.94. The van der Waals surface area contributed by atoms with Gasteiger partial charge in [0.05, 0.1) is 12.3 Å².